The Morgan fingerprint density at radius 3 is 2.16 bits per heavy atom. The van der Waals surface area contributed by atoms with Crippen LogP contribution in [-0.4, -0.2) is 40.1 Å². The fourth-order valence-corrected chi connectivity index (χ4v) is 7.00. The molecule has 3 aromatic carbocycles. The largest absolute Gasteiger partial charge is 0.326 e. The zero-order valence-electron chi connectivity index (χ0n) is 19.6. The Morgan fingerprint density at radius 1 is 0.892 bits per heavy atom. The van der Waals surface area contributed by atoms with Crippen LogP contribution in [0, 0.1) is 11.7 Å². The number of benzene rings is 3. The van der Waals surface area contributed by atoms with E-state index in [1.165, 1.54) is 40.7 Å². The molecule has 0 bridgehead atoms. The number of anilines is 2. The molecule has 2 N–H and O–H groups in total. The van der Waals surface area contributed by atoms with E-state index in [0.717, 1.165) is 6.07 Å². The number of hydrogen-bond acceptors (Lipinski definition) is 5. The Kier molecular flexibility index (Phi) is 8.17. The maximum Gasteiger partial charge on any atom is 0.261 e. The lowest BCUT2D eigenvalue weighted by Crippen LogP contribution is -2.42. The first-order valence-electron chi connectivity index (χ1n) is 11.4. The van der Waals surface area contributed by atoms with Gasteiger partial charge in [-0.15, -0.1) is 0 Å². The van der Waals surface area contributed by atoms with Crippen molar-refractivity contribution in [1.82, 2.24) is 4.31 Å². The number of nitrogens with one attached hydrogen (secondary N) is 2. The number of para-hydroxylation sites is 1. The Hall–Kier alpha value is -2.99. The fraction of sp³-hybridized carbons (Fsp3) is 0.240. The molecule has 1 amide bonds. The van der Waals surface area contributed by atoms with E-state index in [-0.39, 0.29) is 34.5 Å². The Balaban J connectivity index is 1.32. The predicted octanol–water partition coefficient (Wildman–Crippen LogP) is 4.46. The van der Waals surface area contributed by atoms with E-state index in [1.807, 2.05) is 0 Å². The van der Waals surface area contributed by atoms with Gasteiger partial charge in [0.25, 0.3) is 10.0 Å². The Labute approximate surface area is 220 Å². The molecule has 0 aromatic heterocycles. The van der Waals surface area contributed by atoms with Crippen LogP contribution < -0.4 is 10.0 Å². The van der Waals surface area contributed by atoms with Gasteiger partial charge in [-0.2, -0.15) is 0 Å². The second-order valence-electron chi connectivity index (χ2n) is 8.61. The van der Waals surface area contributed by atoms with Crippen molar-refractivity contribution in [2.75, 3.05) is 23.1 Å². The molecule has 196 valence electrons. The zero-order chi connectivity index (χ0) is 26.6. The van der Waals surface area contributed by atoms with Crippen LogP contribution in [0.15, 0.2) is 77.7 Å². The first-order valence-corrected chi connectivity index (χ1v) is 14.9. The van der Waals surface area contributed by atoms with Gasteiger partial charge in [0.1, 0.15) is 5.82 Å². The lowest BCUT2D eigenvalue weighted by molar-refractivity contribution is -0.120. The Bertz CT molecular complexity index is 1460. The highest BCUT2D eigenvalue weighted by Gasteiger charge is 2.32. The van der Waals surface area contributed by atoms with Gasteiger partial charge in [-0.25, -0.2) is 25.5 Å². The standard InChI is InChI=1S/C25H25ClFN3O5S2/c26-23-7-4-8-24(27)22(23)17-36(32,33)30-15-13-18(14-16-30)25(31)28-19-9-11-21(12-10-19)37(34,35)29-20-5-2-1-3-6-20/h1-12,18,29H,13-17H2,(H,28,31). The molecule has 8 nitrogen and oxygen atoms in total. The minimum Gasteiger partial charge on any atom is -0.326 e. The summed E-state index contributed by atoms with van der Waals surface area (Å²) < 4.78 is 68.5. The number of halogens is 2. The number of piperidine rings is 1. The number of carbonyl (C=O) groups excluding carboxylic acids is 1. The quantitative estimate of drug-likeness (QED) is 0.419. The molecular weight excluding hydrogens is 541 g/mol. The summed E-state index contributed by atoms with van der Waals surface area (Å²) in [5, 5.41) is 2.81. The summed E-state index contributed by atoms with van der Waals surface area (Å²) in [5.74, 6) is -1.94. The molecule has 1 aliphatic rings. The van der Waals surface area contributed by atoms with Gasteiger partial charge in [0.05, 0.1) is 10.6 Å². The van der Waals surface area contributed by atoms with Crippen LogP contribution >= 0.6 is 11.6 Å². The third-order valence-electron chi connectivity index (χ3n) is 6.06. The predicted molar refractivity (Wildman–Crippen MR) is 141 cm³/mol. The van der Waals surface area contributed by atoms with E-state index in [9.17, 15) is 26.0 Å². The van der Waals surface area contributed by atoms with Crippen molar-refractivity contribution < 1.29 is 26.0 Å². The van der Waals surface area contributed by atoms with E-state index >= 15 is 0 Å². The van der Waals surface area contributed by atoms with Gasteiger partial charge in [-0.1, -0.05) is 35.9 Å². The minimum atomic E-state index is -3.82. The summed E-state index contributed by atoms with van der Waals surface area (Å²) in [4.78, 5) is 12.8. The highest BCUT2D eigenvalue weighted by atomic mass is 35.5. The van der Waals surface area contributed by atoms with Crippen LogP contribution in [0.2, 0.25) is 5.02 Å². The fourth-order valence-electron chi connectivity index (χ4n) is 4.02. The molecule has 4 rings (SSSR count). The minimum absolute atomic E-state index is 0.0443. The number of sulfonamides is 2. The number of rotatable bonds is 8. The molecule has 1 heterocycles. The molecule has 0 saturated carbocycles. The number of carbonyl (C=O) groups is 1. The third kappa shape index (κ3) is 6.67. The second kappa shape index (κ2) is 11.2. The molecular formula is C25H25ClFN3O5S2. The highest BCUT2D eigenvalue weighted by Crippen LogP contribution is 2.27. The number of hydrogen-bond donors (Lipinski definition) is 2. The van der Waals surface area contributed by atoms with Crippen LogP contribution in [0.1, 0.15) is 18.4 Å². The SMILES string of the molecule is O=C(Nc1ccc(S(=O)(=O)Nc2ccccc2)cc1)C1CCN(S(=O)(=O)Cc2c(F)cccc2Cl)CC1. The van der Waals surface area contributed by atoms with Crippen LogP contribution in [0.3, 0.4) is 0 Å². The summed E-state index contributed by atoms with van der Waals surface area (Å²) in [7, 11) is -7.60. The third-order valence-corrected chi connectivity index (χ3v) is 9.62. The molecule has 12 heteroatoms. The summed E-state index contributed by atoms with van der Waals surface area (Å²) in [5.41, 5.74) is 0.784. The van der Waals surface area contributed by atoms with Crippen molar-refractivity contribution >= 4 is 48.9 Å². The van der Waals surface area contributed by atoms with Crippen molar-refractivity contribution in [3.63, 3.8) is 0 Å². The average Bonchev–Trinajstić information content (AvgIpc) is 2.87. The van der Waals surface area contributed by atoms with Gasteiger partial charge in [-0.3, -0.25) is 9.52 Å². The van der Waals surface area contributed by atoms with Crippen LogP contribution in [-0.2, 0) is 30.6 Å². The molecule has 1 fully saturated rings. The lowest BCUT2D eigenvalue weighted by Gasteiger charge is -2.30. The van der Waals surface area contributed by atoms with Gasteiger partial charge in [0.2, 0.25) is 15.9 Å². The van der Waals surface area contributed by atoms with Gasteiger partial charge in [0.15, 0.2) is 0 Å². The van der Waals surface area contributed by atoms with Gasteiger partial charge in [-0.05, 0) is 61.4 Å². The van der Waals surface area contributed by atoms with Gasteiger partial charge < -0.3 is 5.32 Å². The molecule has 0 atom stereocenters. The molecule has 1 aliphatic heterocycles. The first kappa shape index (κ1) is 27.1. The maximum absolute atomic E-state index is 14.1. The van der Waals surface area contributed by atoms with E-state index < -0.39 is 37.5 Å². The topological polar surface area (TPSA) is 113 Å². The van der Waals surface area contributed by atoms with E-state index in [4.69, 9.17) is 11.6 Å². The molecule has 0 spiro atoms. The van der Waals surface area contributed by atoms with Crippen LogP contribution in [0.25, 0.3) is 0 Å². The lowest BCUT2D eigenvalue weighted by atomic mass is 9.97. The molecule has 37 heavy (non-hydrogen) atoms. The summed E-state index contributed by atoms with van der Waals surface area (Å²) in [6.45, 7) is 0.240. The van der Waals surface area contributed by atoms with Crippen molar-refractivity contribution in [3.8, 4) is 0 Å². The maximum atomic E-state index is 14.1. The zero-order valence-corrected chi connectivity index (χ0v) is 22.0. The molecule has 0 radical (unpaired) electrons. The van der Waals surface area contributed by atoms with E-state index in [2.05, 4.69) is 10.0 Å². The number of nitrogens with zero attached hydrogens (tertiary/aromatic N) is 1. The highest BCUT2D eigenvalue weighted by molar-refractivity contribution is 7.92. The normalized spacial score (nSPS) is 15.3. The molecule has 0 unspecified atom stereocenters. The van der Waals surface area contributed by atoms with Crippen molar-refractivity contribution in [3.05, 3.63) is 89.2 Å². The van der Waals surface area contributed by atoms with E-state index in [1.54, 1.807) is 30.3 Å². The van der Waals surface area contributed by atoms with Crippen LogP contribution in [0.5, 0.6) is 0 Å². The van der Waals surface area contributed by atoms with E-state index in [0.29, 0.717) is 24.2 Å². The summed E-state index contributed by atoms with van der Waals surface area (Å²) in [6, 6.07) is 18.3. The molecule has 1 saturated heterocycles. The van der Waals surface area contributed by atoms with Crippen molar-refractivity contribution in [2.45, 2.75) is 23.5 Å². The number of amides is 1. The monoisotopic (exact) mass is 565 g/mol. The smallest absolute Gasteiger partial charge is 0.261 e. The van der Waals surface area contributed by atoms with Crippen LogP contribution in [0.4, 0.5) is 15.8 Å². The van der Waals surface area contributed by atoms with Crippen molar-refractivity contribution in [1.29, 1.82) is 0 Å². The Morgan fingerprint density at radius 2 is 1.54 bits per heavy atom. The van der Waals surface area contributed by atoms with Gasteiger partial charge >= 0.3 is 0 Å². The second-order valence-corrected chi connectivity index (χ2v) is 12.7. The first-order chi connectivity index (χ1) is 17.5. The molecule has 3 aromatic rings. The van der Waals surface area contributed by atoms with Gasteiger partial charge in [0, 0.05) is 41.0 Å². The average molecular weight is 566 g/mol. The van der Waals surface area contributed by atoms with Crippen molar-refractivity contribution in [2.24, 2.45) is 5.92 Å². The molecule has 0 aliphatic carbocycles. The summed E-state index contributed by atoms with van der Waals surface area (Å²) in [6.07, 6.45) is 0.590. The summed E-state index contributed by atoms with van der Waals surface area (Å²) >= 11 is 5.97.